The molecule has 0 atom stereocenters. The van der Waals surface area contributed by atoms with Crippen LogP contribution in [0.1, 0.15) is 0 Å². The normalized spacial score (nSPS) is 11.8. The van der Waals surface area contributed by atoms with Gasteiger partial charge in [0, 0.05) is 66.1 Å². The van der Waals surface area contributed by atoms with E-state index in [1.165, 1.54) is 43.4 Å². The van der Waals surface area contributed by atoms with Gasteiger partial charge in [0.15, 0.2) is 17.5 Å². The number of fused-ring (bicyclic) bond motifs is 10. The third-order valence-corrected chi connectivity index (χ3v) is 12.5. The Morgan fingerprint density at radius 1 is 0.254 bits per heavy atom. The molecule has 0 radical (unpaired) electrons. The van der Waals surface area contributed by atoms with Crippen molar-refractivity contribution < 1.29 is 0 Å². The van der Waals surface area contributed by atoms with Gasteiger partial charge in [0.2, 0.25) is 0 Å². The highest BCUT2D eigenvalue weighted by molar-refractivity contribution is 6.26. The molecule has 9 aromatic carbocycles. The lowest BCUT2D eigenvalue weighted by atomic mass is 10.1. The highest BCUT2D eigenvalue weighted by Gasteiger charge is 2.22. The van der Waals surface area contributed by atoms with Gasteiger partial charge >= 0.3 is 0 Å². The van der Waals surface area contributed by atoms with Crippen molar-refractivity contribution in [1.82, 2.24) is 28.7 Å². The fraction of sp³-hybridized carbons (Fsp3) is 0. The van der Waals surface area contributed by atoms with Crippen LogP contribution in [0.3, 0.4) is 0 Å². The lowest BCUT2D eigenvalue weighted by Gasteiger charge is -2.13. The van der Waals surface area contributed by atoms with Crippen LogP contribution in [-0.2, 0) is 0 Å². The summed E-state index contributed by atoms with van der Waals surface area (Å²) in [5, 5.41) is 7.31. The summed E-state index contributed by atoms with van der Waals surface area (Å²) in [6.07, 6.45) is 0. The van der Waals surface area contributed by atoms with Gasteiger partial charge in [-0.2, -0.15) is 0 Å². The van der Waals surface area contributed by atoms with Gasteiger partial charge in [-0.05, 0) is 66.7 Å². The molecular formula is C57H36N6. The van der Waals surface area contributed by atoms with Crippen molar-refractivity contribution in [2.75, 3.05) is 0 Å². The minimum absolute atomic E-state index is 0.607. The van der Waals surface area contributed by atoms with Crippen molar-refractivity contribution in [2.45, 2.75) is 0 Å². The second-order valence-corrected chi connectivity index (χ2v) is 16.0. The van der Waals surface area contributed by atoms with E-state index >= 15 is 0 Å². The van der Waals surface area contributed by atoms with Crippen LogP contribution in [-0.4, -0.2) is 28.7 Å². The summed E-state index contributed by atoms with van der Waals surface area (Å²) >= 11 is 0. The summed E-state index contributed by atoms with van der Waals surface area (Å²) in [5.41, 5.74) is 12.9. The fourth-order valence-corrected chi connectivity index (χ4v) is 9.75. The molecule has 0 unspecified atom stereocenters. The third kappa shape index (κ3) is 5.48. The van der Waals surface area contributed by atoms with Crippen molar-refractivity contribution >= 4 is 65.4 Å². The number of aromatic nitrogens is 6. The average Bonchev–Trinajstić information content (AvgIpc) is 4.00. The fourth-order valence-electron chi connectivity index (χ4n) is 9.75. The smallest absolute Gasteiger partial charge is 0.164 e. The molecule has 4 aromatic heterocycles. The molecule has 294 valence electrons. The second kappa shape index (κ2) is 14.0. The molecule has 0 fully saturated rings. The van der Waals surface area contributed by atoms with Crippen LogP contribution in [0.25, 0.3) is 117 Å². The molecule has 63 heavy (non-hydrogen) atoms. The van der Waals surface area contributed by atoms with Gasteiger partial charge in [-0.1, -0.05) is 152 Å². The van der Waals surface area contributed by atoms with Gasteiger partial charge in [-0.15, -0.1) is 0 Å². The van der Waals surface area contributed by atoms with Crippen LogP contribution in [0.5, 0.6) is 0 Å². The molecule has 0 saturated carbocycles. The van der Waals surface area contributed by atoms with Crippen LogP contribution in [0, 0.1) is 0 Å². The van der Waals surface area contributed by atoms with Crippen molar-refractivity contribution in [3.05, 3.63) is 218 Å². The summed E-state index contributed by atoms with van der Waals surface area (Å²) < 4.78 is 7.14. The third-order valence-electron chi connectivity index (χ3n) is 12.5. The Morgan fingerprint density at radius 2 is 0.651 bits per heavy atom. The van der Waals surface area contributed by atoms with E-state index in [4.69, 9.17) is 15.0 Å². The highest BCUT2D eigenvalue weighted by atomic mass is 15.0. The maximum atomic E-state index is 5.26. The van der Waals surface area contributed by atoms with E-state index in [2.05, 4.69) is 214 Å². The first-order valence-corrected chi connectivity index (χ1v) is 21.3. The lowest BCUT2D eigenvalue weighted by Crippen LogP contribution is -2.02. The number of para-hydroxylation sites is 5. The molecule has 13 aromatic rings. The first-order valence-electron chi connectivity index (χ1n) is 21.3. The molecule has 6 heteroatoms. The number of hydrogen-bond donors (Lipinski definition) is 0. The SMILES string of the molecule is c1ccc(-c2nc(-c3cccc(-n4c5ccccc5c5ccccc54)c3)nc(-c3cccc(-n4c5ccccc5c5c4ccc4c6ccccc6n(-c6ccccc6)c45)c3)n2)cc1. The molecule has 0 amide bonds. The van der Waals surface area contributed by atoms with E-state index in [9.17, 15) is 0 Å². The van der Waals surface area contributed by atoms with E-state index in [0.29, 0.717) is 17.5 Å². The lowest BCUT2D eigenvalue weighted by molar-refractivity contribution is 1.07. The molecule has 13 rings (SSSR count). The molecule has 0 bridgehead atoms. The molecule has 0 aliphatic heterocycles. The van der Waals surface area contributed by atoms with Crippen LogP contribution in [0.15, 0.2) is 218 Å². The van der Waals surface area contributed by atoms with Crippen molar-refractivity contribution in [3.8, 4) is 51.2 Å². The van der Waals surface area contributed by atoms with Crippen molar-refractivity contribution in [1.29, 1.82) is 0 Å². The molecular weight excluding hydrogens is 769 g/mol. The van der Waals surface area contributed by atoms with E-state index in [-0.39, 0.29) is 0 Å². The van der Waals surface area contributed by atoms with Crippen LogP contribution < -0.4 is 0 Å². The summed E-state index contributed by atoms with van der Waals surface area (Å²) in [7, 11) is 0. The Kier molecular flexibility index (Phi) is 7.80. The minimum Gasteiger partial charge on any atom is -0.309 e. The Hall–Kier alpha value is -8.61. The Morgan fingerprint density at radius 3 is 1.22 bits per heavy atom. The van der Waals surface area contributed by atoms with Crippen LogP contribution in [0.2, 0.25) is 0 Å². The number of hydrogen-bond acceptors (Lipinski definition) is 3. The maximum absolute atomic E-state index is 5.26. The molecule has 0 N–H and O–H groups in total. The molecule has 0 aliphatic rings. The van der Waals surface area contributed by atoms with Crippen molar-refractivity contribution in [3.63, 3.8) is 0 Å². The first-order chi connectivity index (χ1) is 31.3. The number of rotatable bonds is 6. The summed E-state index contributed by atoms with van der Waals surface area (Å²) in [5.74, 6) is 1.84. The Bertz CT molecular complexity index is 3860. The number of benzene rings is 9. The van der Waals surface area contributed by atoms with Crippen molar-refractivity contribution in [2.24, 2.45) is 0 Å². The summed E-state index contributed by atoms with van der Waals surface area (Å²) in [6.45, 7) is 0. The summed E-state index contributed by atoms with van der Waals surface area (Å²) in [6, 6.07) is 77.2. The first kappa shape index (κ1) is 35.2. The predicted molar refractivity (Wildman–Crippen MR) is 259 cm³/mol. The second-order valence-electron chi connectivity index (χ2n) is 16.0. The Balaban J connectivity index is 1.01. The molecule has 0 aliphatic carbocycles. The van der Waals surface area contributed by atoms with Gasteiger partial charge in [0.25, 0.3) is 0 Å². The van der Waals surface area contributed by atoms with Gasteiger partial charge < -0.3 is 13.7 Å². The van der Waals surface area contributed by atoms with Gasteiger partial charge in [-0.3, -0.25) is 0 Å². The molecule has 6 nitrogen and oxygen atoms in total. The average molecular weight is 805 g/mol. The largest absolute Gasteiger partial charge is 0.309 e. The highest BCUT2D eigenvalue weighted by Crippen LogP contribution is 2.42. The van der Waals surface area contributed by atoms with E-state index in [1.54, 1.807) is 0 Å². The molecule has 0 saturated heterocycles. The molecule has 4 heterocycles. The maximum Gasteiger partial charge on any atom is 0.164 e. The van der Waals surface area contributed by atoms with E-state index < -0.39 is 0 Å². The minimum atomic E-state index is 0.607. The topological polar surface area (TPSA) is 53.5 Å². The summed E-state index contributed by atoms with van der Waals surface area (Å²) in [4.78, 5) is 15.6. The Labute approximate surface area is 362 Å². The van der Waals surface area contributed by atoms with Gasteiger partial charge in [0.1, 0.15) is 0 Å². The van der Waals surface area contributed by atoms with Crippen LogP contribution >= 0.6 is 0 Å². The van der Waals surface area contributed by atoms with E-state index in [1.807, 2.05) is 18.2 Å². The predicted octanol–water partition coefficient (Wildman–Crippen LogP) is 14.2. The molecule has 0 spiro atoms. The van der Waals surface area contributed by atoms with Crippen LogP contribution in [0.4, 0.5) is 0 Å². The monoisotopic (exact) mass is 804 g/mol. The zero-order valence-electron chi connectivity index (χ0n) is 34.0. The van der Waals surface area contributed by atoms with Gasteiger partial charge in [0.05, 0.1) is 33.1 Å². The van der Waals surface area contributed by atoms with Gasteiger partial charge in [-0.25, -0.2) is 15.0 Å². The zero-order valence-corrected chi connectivity index (χ0v) is 34.0. The van der Waals surface area contributed by atoms with E-state index in [0.717, 1.165) is 55.8 Å². The quantitative estimate of drug-likeness (QED) is 0.168. The standard InChI is InChI=1S/C57H36N6/c1-3-17-37(18-4-1)55-58-56(38-19-15-23-41(35-38)61-48-29-11-7-25-43(48)44-26-8-12-30-49(44)61)60-57(59-55)39-20-16-24-42(36-39)62-51-32-14-10-28-47(51)53-52(62)34-33-46-45-27-9-13-31-50(45)63(54(46)53)40-21-5-2-6-22-40/h1-36H. The zero-order chi connectivity index (χ0) is 41.4. The number of nitrogens with zero attached hydrogens (tertiary/aromatic N) is 6.